The molecule has 3 unspecified atom stereocenters. The van der Waals surface area contributed by atoms with Crippen molar-refractivity contribution >= 4 is 28.2 Å². The number of ketones is 2. The standard InChI is InChI=1S/C22H22N2O7/c1-8-9-5-4-6-12(25)13(9)17(26)14-10(8)7-11-16(24(2)3)18(27)15(21(23)30)20(29)22(11,31)19(14)28/h4-6,11,16,25-27,31H,7H2,1-3H3,(H2,23,30). The van der Waals surface area contributed by atoms with Crippen LogP contribution >= 0.6 is 0 Å². The van der Waals surface area contributed by atoms with Crippen LogP contribution in [0.2, 0.25) is 0 Å². The molecule has 4 rings (SSSR count). The Morgan fingerprint density at radius 3 is 2.39 bits per heavy atom. The Labute approximate surface area is 177 Å². The van der Waals surface area contributed by atoms with Gasteiger partial charge < -0.3 is 26.2 Å². The first-order valence-corrected chi connectivity index (χ1v) is 9.61. The number of hydrogen-bond donors (Lipinski definition) is 5. The van der Waals surface area contributed by atoms with E-state index in [-0.39, 0.29) is 23.1 Å². The van der Waals surface area contributed by atoms with Crippen molar-refractivity contribution in [3.05, 3.63) is 46.2 Å². The fourth-order valence-electron chi connectivity index (χ4n) is 5.05. The van der Waals surface area contributed by atoms with Crippen LogP contribution in [0.15, 0.2) is 29.5 Å². The molecule has 0 spiro atoms. The highest BCUT2D eigenvalue weighted by molar-refractivity contribution is 6.33. The van der Waals surface area contributed by atoms with E-state index in [0.717, 1.165) is 0 Å². The number of aromatic hydroxyl groups is 2. The molecule has 0 fully saturated rings. The molecule has 31 heavy (non-hydrogen) atoms. The third-order valence-corrected chi connectivity index (χ3v) is 6.50. The summed E-state index contributed by atoms with van der Waals surface area (Å²) in [7, 11) is 3.14. The molecule has 0 saturated carbocycles. The van der Waals surface area contributed by atoms with Crippen molar-refractivity contribution < 1.29 is 34.8 Å². The number of rotatable bonds is 2. The number of aliphatic hydroxyl groups is 2. The van der Waals surface area contributed by atoms with Gasteiger partial charge in [0, 0.05) is 5.92 Å². The van der Waals surface area contributed by atoms with Crippen LogP contribution < -0.4 is 5.73 Å². The number of primary amides is 1. The largest absolute Gasteiger partial charge is 0.510 e. The van der Waals surface area contributed by atoms with Crippen molar-refractivity contribution in [2.24, 2.45) is 11.7 Å². The SMILES string of the molecule is Cc1c2c(c(O)c3c(O)cccc13)C(=O)C1(O)C(=O)C(C(N)=O)=C(O)C(N(C)C)C1C2. The number of nitrogens with zero attached hydrogens (tertiary/aromatic N) is 1. The fourth-order valence-corrected chi connectivity index (χ4v) is 5.05. The monoisotopic (exact) mass is 426 g/mol. The summed E-state index contributed by atoms with van der Waals surface area (Å²) in [4.78, 5) is 40.1. The van der Waals surface area contributed by atoms with Crippen LogP contribution in [0.5, 0.6) is 11.5 Å². The lowest BCUT2D eigenvalue weighted by Gasteiger charge is -2.47. The van der Waals surface area contributed by atoms with Gasteiger partial charge in [-0.15, -0.1) is 0 Å². The van der Waals surface area contributed by atoms with Crippen LogP contribution in [0.4, 0.5) is 0 Å². The number of carbonyl (C=O) groups is 3. The smallest absolute Gasteiger partial charge is 0.255 e. The molecule has 162 valence electrons. The third-order valence-electron chi connectivity index (χ3n) is 6.50. The van der Waals surface area contributed by atoms with Gasteiger partial charge in [-0.2, -0.15) is 0 Å². The summed E-state index contributed by atoms with van der Waals surface area (Å²) in [6.07, 6.45) is -0.0484. The summed E-state index contributed by atoms with van der Waals surface area (Å²) in [5.74, 6) is -6.23. The van der Waals surface area contributed by atoms with Gasteiger partial charge in [-0.1, -0.05) is 12.1 Å². The molecule has 9 nitrogen and oxygen atoms in total. The van der Waals surface area contributed by atoms with E-state index in [4.69, 9.17) is 5.73 Å². The Morgan fingerprint density at radius 2 is 1.81 bits per heavy atom. The second-order valence-electron chi connectivity index (χ2n) is 8.30. The average molecular weight is 426 g/mol. The highest BCUT2D eigenvalue weighted by atomic mass is 16.3. The minimum atomic E-state index is -2.72. The molecule has 0 radical (unpaired) electrons. The van der Waals surface area contributed by atoms with Crippen molar-refractivity contribution in [2.75, 3.05) is 14.1 Å². The van der Waals surface area contributed by atoms with Gasteiger partial charge in [0.1, 0.15) is 22.8 Å². The topological polar surface area (TPSA) is 161 Å². The van der Waals surface area contributed by atoms with Gasteiger partial charge in [-0.05, 0) is 50.0 Å². The highest BCUT2D eigenvalue weighted by Crippen LogP contribution is 2.50. The van der Waals surface area contributed by atoms with E-state index in [9.17, 15) is 34.8 Å². The van der Waals surface area contributed by atoms with Crippen LogP contribution in [0.3, 0.4) is 0 Å². The number of hydrogen-bond acceptors (Lipinski definition) is 8. The molecule has 1 amide bonds. The molecule has 0 aromatic heterocycles. The van der Waals surface area contributed by atoms with E-state index >= 15 is 0 Å². The van der Waals surface area contributed by atoms with Crippen molar-refractivity contribution in [1.82, 2.24) is 4.90 Å². The van der Waals surface area contributed by atoms with E-state index in [2.05, 4.69) is 0 Å². The molecule has 9 heteroatoms. The number of nitrogens with two attached hydrogens (primary N) is 1. The Morgan fingerprint density at radius 1 is 1.16 bits per heavy atom. The highest BCUT2D eigenvalue weighted by Gasteiger charge is 2.63. The van der Waals surface area contributed by atoms with Gasteiger partial charge in [0.25, 0.3) is 5.91 Å². The molecule has 0 heterocycles. The first kappa shape index (κ1) is 20.8. The zero-order chi connectivity index (χ0) is 23.0. The lowest BCUT2D eigenvalue weighted by atomic mass is 9.60. The predicted octanol–water partition coefficient (Wildman–Crippen LogP) is 0.456. The lowest BCUT2D eigenvalue weighted by Crippen LogP contribution is -2.66. The molecule has 6 N–H and O–H groups in total. The number of fused-ring (bicyclic) bond motifs is 3. The third kappa shape index (κ3) is 2.47. The number of benzene rings is 2. The van der Waals surface area contributed by atoms with Crippen LogP contribution in [-0.2, 0) is 16.0 Å². The number of amides is 1. The molecular weight excluding hydrogens is 404 g/mol. The van der Waals surface area contributed by atoms with Gasteiger partial charge in [-0.3, -0.25) is 19.3 Å². The second kappa shape index (κ2) is 6.53. The van der Waals surface area contributed by atoms with E-state index in [1.54, 1.807) is 33.2 Å². The number of aryl methyl sites for hydroxylation is 1. The minimum Gasteiger partial charge on any atom is -0.510 e. The quantitative estimate of drug-likeness (QED) is 0.342. The molecule has 0 bridgehead atoms. The fraction of sp³-hybridized carbons (Fsp3) is 0.318. The summed E-state index contributed by atoms with van der Waals surface area (Å²) >= 11 is 0. The summed E-state index contributed by atoms with van der Waals surface area (Å²) in [5, 5.41) is 43.8. The maximum absolute atomic E-state index is 13.6. The summed E-state index contributed by atoms with van der Waals surface area (Å²) in [6.45, 7) is 1.71. The van der Waals surface area contributed by atoms with Crippen molar-refractivity contribution in [2.45, 2.75) is 25.0 Å². The van der Waals surface area contributed by atoms with Gasteiger partial charge in [0.05, 0.1) is 17.0 Å². The Kier molecular flexibility index (Phi) is 4.39. The maximum atomic E-state index is 13.6. The zero-order valence-electron chi connectivity index (χ0n) is 17.1. The molecule has 2 aliphatic rings. The van der Waals surface area contributed by atoms with E-state index < -0.39 is 52.1 Å². The molecule has 0 aliphatic heterocycles. The summed E-state index contributed by atoms with van der Waals surface area (Å²) in [6, 6.07) is 3.56. The molecule has 2 aromatic rings. The van der Waals surface area contributed by atoms with Crippen LogP contribution in [-0.4, -0.2) is 68.5 Å². The average Bonchev–Trinajstić information content (AvgIpc) is 2.68. The van der Waals surface area contributed by atoms with Crippen LogP contribution in [0, 0.1) is 12.8 Å². The first-order chi connectivity index (χ1) is 14.4. The van der Waals surface area contributed by atoms with Crippen molar-refractivity contribution in [1.29, 1.82) is 0 Å². The normalized spacial score (nSPS) is 25.7. The lowest BCUT2D eigenvalue weighted by molar-refractivity contribution is -0.140. The van der Waals surface area contributed by atoms with E-state index in [1.807, 2.05) is 0 Å². The minimum absolute atomic E-state index is 0.0232. The first-order valence-electron chi connectivity index (χ1n) is 9.61. The molecule has 2 aliphatic carbocycles. The maximum Gasteiger partial charge on any atom is 0.255 e. The van der Waals surface area contributed by atoms with Crippen molar-refractivity contribution in [3.8, 4) is 11.5 Å². The molecule has 3 atom stereocenters. The molecule has 0 saturated heterocycles. The van der Waals surface area contributed by atoms with Crippen LogP contribution in [0.25, 0.3) is 10.8 Å². The van der Waals surface area contributed by atoms with Gasteiger partial charge >= 0.3 is 0 Å². The number of likely N-dealkylation sites (N-methyl/N-ethyl adjacent to an activating group) is 1. The van der Waals surface area contributed by atoms with E-state index in [1.165, 1.54) is 11.0 Å². The van der Waals surface area contributed by atoms with Crippen LogP contribution in [0.1, 0.15) is 21.5 Å². The van der Waals surface area contributed by atoms with Gasteiger partial charge in [0.15, 0.2) is 5.60 Å². The Hall–Kier alpha value is -3.43. The summed E-state index contributed by atoms with van der Waals surface area (Å²) < 4.78 is 0. The Balaban J connectivity index is 2.09. The number of Topliss-reactive ketones (excluding diaryl/α,β-unsaturated/α-hetero) is 2. The molecule has 2 aromatic carbocycles. The van der Waals surface area contributed by atoms with Crippen molar-refractivity contribution in [3.63, 3.8) is 0 Å². The second-order valence-corrected chi connectivity index (χ2v) is 8.30. The number of carbonyl (C=O) groups excluding carboxylic acids is 3. The predicted molar refractivity (Wildman–Crippen MR) is 110 cm³/mol. The summed E-state index contributed by atoms with van der Waals surface area (Å²) in [5.41, 5.74) is 2.41. The Bertz CT molecular complexity index is 1230. The number of aliphatic hydroxyl groups excluding tert-OH is 1. The zero-order valence-corrected chi connectivity index (χ0v) is 17.1. The van der Waals surface area contributed by atoms with E-state index in [0.29, 0.717) is 16.5 Å². The van der Waals surface area contributed by atoms with Gasteiger partial charge in [0.2, 0.25) is 11.6 Å². The molecular formula is C22H22N2O7. The number of phenolic OH excluding ortho intramolecular Hbond substituents is 2. The van der Waals surface area contributed by atoms with Gasteiger partial charge in [-0.25, -0.2) is 0 Å². The number of phenols is 2.